The highest BCUT2D eigenvalue weighted by atomic mass is 16.5. The minimum Gasteiger partial charge on any atom is -0.478 e. The third-order valence-corrected chi connectivity index (χ3v) is 3.75. The van der Waals surface area contributed by atoms with Crippen LogP contribution in [0.4, 0.5) is 5.82 Å². The molecule has 0 unspecified atom stereocenters. The summed E-state index contributed by atoms with van der Waals surface area (Å²) in [5.74, 6) is -0.192. The number of carboxylic acids is 1. The molecule has 1 heterocycles. The maximum absolute atomic E-state index is 11.5. The second-order valence-electron chi connectivity index (χ2n) is 5.27. The van der Waals surface area contributed by atoms with Gasteiger partial charge in [-0.2, -0.15) is 0 Å². The predicted octanol–water partition coefficient (Wildman–Crippen LogP) is 2.55. The van der Waals surface area contributed by atoms with Crippen LogP contribution in [0.25, 0.3) is 10.9 Å². The fourth-order valence-corrected chi connectivity index (χ4v) is 2.55. The standard InChI is InChI=1S/C16H18N2O3/c1-21-9-8-18(11-6-7-11)15-10-13(16(19)20)12-4-2-3-5-14(12)17-15/h2-5,10-11H,6-9H2,1H3,(H,19,20). The molecule has 0 saturated heterocycles. The monoisotopic (exact) mass is 286 g/mol. The van der Waals surface area contributed by atoms with Crippen LogP contribution in [-0.2, 0) is 4.74 Å². The Morgan fingerprint density at radius 3 is 2.86 bits per heavy atom. The lowest BCUT2D eigenvalue weighted by atomic mass is 10.1. The van der Waals surface area contributed by atoms with Crippen LogP contribution in [0.15, 0.2) is 30.3 Å². The largest absolute Gasteiger partial charge is 0.478 e. The highest BCUT2D eigenvalue weighted by Crippen LogP contribution is 2.32. The number of carboxylic acid groups (broad SMARTS) is 1. The molecule has 0 amide bonds. The van der Waals surface area contributed by atoms with Crippen molar-refractivity contribution in [3.8, 4) is 0 Å². The molecule has 110 valence electrons. The van der Waals surface area contributed by atoms with Crippen LogP contribution in [-0.4, -0.2) is 42.4 Å². The SMILES string of the molecule is COCCN(c1cc(C(=O)O)c2ccccc2n1)C1CC1. The normalized spacial score (nSPS) is 14.3. The molecule has 3 rings (SSSR count). The van der Waals surface area contributed by atoms with E-state index in [1.54, 1.807) is 19.2 Å². The Balaban J connectivity index is 2.06. The van der Waals surface area contributed by atoms with E-state index >= 15 is 0 Å². The molecule has 1 fully saturated rings. The number of para-hydroxylation sites is 1. The number of carbonyl (C=O) groups is 1. The van der Waals surface area contributed by atoms with Gasteiger partial charge in [0.15, 0.2) is 0 Å². The number of fused-ring (bicyclic) bond motifs is 1. The minimum atomic E-state index is -0.919. The van der Waals surface area contributed by atoms with E-state index in [1.165, 1.54) is 0 Å². The third-order valence-electron chi connectivity index (χ3n) is 3.75. The van der Waals surface area contributed by atoms with Crippen LogP contribution in [0.3, 0.4) is 0 Å². The molecule has 1 aliphatic rings. The fourth-order valence-electron chi connectivity index (χ4n) is 2.55. The van der Waals surface area contributed by atoms with Crippen LogP contribution in [0, 0.1) is 0 Å². The minimum absolute atomic E-state index is 0.304. The zero-order chi connectivity index (χ0) is 14.8. The van der Waals surface area contributed by atoms with Gasteiger partial charge < -0.3 is 14.7 Å². The second-order valence-corrected chi connectivity index (χ2v) is 5.27. The smallest absolute Gasteiger partial charge is 0.336 e. The first-order valence-electron chi connectivity index (χ1n) is 7.09. The first-order valence-corrected chi connectivity index (χ1v) is 7.09. The molecule has 21 heavy (non-hydrogen) atoms. The van der Waals surface area contributed by atoms with E-state index in [2.05, 4.69) is 9.88 Å². The van der Waals surface area contributed by atoms with Crippen molar-refractivity contribution in [1.82, 2.24) is 4.98 Å². The predicted molar refractivity (Wildman–Crippen MR) is 80.9 cm³/mol. The summed E-state index contributed by atoms with van der Waals surface area (Å²) in [4.78, 5) is 18.3. The van der Waals surface area contributed by atoms with Gasteiger partial charge in [-0.25, -0.2) is 9.78 Å². The topological polar surface area (TPSA) is 62.7 Å². The highest BCUT2D eigenvalue weighted by Gasteiger charge is 2.30. The molecule has 1 aromatic carbocycles. The zero-order valence-electron chi connectivity index (χ0n) is 12.0. The Hall–Kier alpha value is -2.14. The molecule has 0 bridgehead atoms. The number of nitrogens with zero attached hydrogens (tertiary/aromatic N) is 2. The third kappa shape index (κ3) is 2.83. The van der Waals surface area contributed by atoms with Gasteiger partial charge in [-0.3, -0.25) is 0 Å². The molecular formula is C16H18N2O3. The van der Waals surface area contributed by atoms with Crippen molar-refractivity contribution >= 4 is 22.7 Å². The lowest BCUT2D eigenvalue weighted by Crippen LogP contribution is -2.30. The zero-order valence-corrected chi connectivity index (χ0v) is 12.0. The van der Waals surface area contributed by atoms with Crippen LogP contribution >= 0.6 is 0 Å². The van der Waals surface area contributed by atoms with Gasteiger partial charge in [-0.1, -0.05) is 18.2 Å². The van der Waals surface area contributed by atoms with Gasteiger partial charge in [-0.15, -0.1) is 0 Å². The Morgan fingerprint density at radius 1 is 1.43 bits per heavy atom. The Bertz CT molecular complexity index is 668. The maximum Gasteiger partial charge on any atom is 0.336 e. The van der Waals surface area contributed by atoms with Crippen molar-refractivity contribution in [2.24, 2.45) is 0 Å². The van der Waals surface area contributed by atoms with Gasteiger partial charge >= 0.3 is 5.97 Å². The van der Waals surface area contributed by atoms with E-state index in [0.717, 1.165) is 30.7 Å². The van der Waals surface area contributed by atoms with Gasteiger partial charge in [0.25, 0.3) is 0 Å². The molecule has 1 aliphatic carbocycles. The molecule has 1 aromatic heterocycles. The highest BCUT2D eigenvalue weighted by molar-refractivity contribution is 6.03. The number of benzene rings is 1. The van der Waals surface area contributed by atoms with Crippen LogP contribution in [0.5, 0.6) is 0 Å². The summed E-state index contributed by atoms with van der Waals surface area (Å²) in [6.45, 7) is 1.33. The maximum atomic E-state index is 11.5. The average molecular weight is 286 g/mol. The second kappa shape index (κ2) is 5.69. The molecule has 5 nitrogen and oxygen atoms in total. The van der Waals surface area contributed by atoms with Gasteiger partial charge in [0.1, 0.15) is 5.82 Å². The molecule has 0 aliphatic heterocycles. The van der Waals surface area contributed by atoms with E-state index in [1.807, 2.05) is 18.2 Å². The molecule has 0 spiro atoms. The number of anilines is 1. The number of hydrogen-bond acceptors (Lipinski definition) is 4. The van der Waals surface area contributed by atoms with Gasteiger partial charge in [-0.05, 0) is 25.0 Å². The van der Waals surface area contributed by atoms with Crippen molar-refractivity contribution < 1.29 is 14.6 Å². The van der Waals surface area contributed by atoms with Crippen molar-refractivity contribution in [2.75, 3.05) is 25.2 Å². The van der Waals surface area contributed by atoms with E-state index in [4.69, 9.17) is 4.74 Å². The number of aromatic nitrogens is 1. The van der Waals surface area contributed by atoms with E-state index in [0.29, 0.717) is 23.6 Å². The van der Waals surface area contributed by atoms with Gasteiger partial charge in [0.05, 0.1) is 17.7 Å². The molecule has 5 heteroatoms. The summed E-state index contributed by atoms with van der Waals surface area (Å²) < 4.78 is 5.15. The van der Waals surface area contributed by atoms with Crippen molar-refractivity contribution in [2.45, 2.75) is 18.9 Å². The average Bonchev–Trinajstić information content (AvgIpc) is 3.31. The molecule has 2 aromatic rings. The molecule has 0 atom stereocenters. The lowest BCUT2D eigenvalue weighted by Gasteiger charge is -2.24. The summed E-state index contributed by atoms with van der Waals surface area (Å²) in [6, 6.07) is 9.49. The summed E-state index contributed by atoms with van der Waals surface area (Å²) in [5.41, 5.74) is 1.02. The van der Waals surface area contributed by atoms with Crippen LogP contribution < -0.4 is 4.90 Å². The summed E-state index contributed by atoms with van der Waals surface area (Å²) in [5, 5.41) is 10.1. The molecular weight excluding hydrogens is 268 g/mol. The van der Waals surface area contributed by atoms with Crippen LogP contribution in [0.1, 0.15) is 23.2 Å². The van der Waals surface area contributed by atoms with Crippen molar-refractivity contribution in [1.29, 1.82) is 0 Å². The Kier molecular flexibility index (Phi) is 3.75. The molecule has 1 N–H and O–H groups in total. The quantitative estimate of drug-likeness (QED) is 0.884. The summed E-state index contributed by atoms with van der Waals surface area (Å²) >= 11 is 0. The first-order chi connectivity index (χ1) is 10.2. The van der Waals surface area contributed by atoms with Gasteiger partial charge in [0, 0.05) is 25.1 Å². The van der Waals surface area contributed by atoms with Crippen LogP contribution in [0.2, 0.25) is 0 Å². The Labute approximate surface area is 123 Å². The van der Waals surface area contributed by atoms with E-state index in [-0.39, 0.29) is 0 Å². The van der Waals surface area contributed by atoms with Crippen molar-refractivity contribution in [3.05, 3.63) is 35.9 Å². The number of pyridine rings is 1. The summed E-state index contributed by atoms with van der Waals surface area (Å²) in [7, 11) is 1.67. The number of ether oxygens (including phenoxy) is 1. The summed E-state index contributed by atoms with van der Waals surface area (Å²) in [6.07, 6.45) is 2.25. The lowest BCUT2D eigenvalue weighted by molar-refractivity contribution is 0.0699. The molecule has 1 saturated carbocycles. The van der Waals surface area contributed by atoms with Gasteiger partial charge in [0.2, 0.25) is 0 Å². The number of aromatic carboxylic acids is 1. The number of hydrogen-bond donors (Lipinski definition) is 1. The number of methoxy groups -OCH3 is 1. The number of rotatable bonds is 6. The first kappa shape index (κ1) is 13.8. The Morgan fingerprint density at radius 2 is 2.19 bits per heavy atom. The fraction of sp³-hybridized carbons (Fsp3) is 0.375. The molecule has 0 radical (unpaired) electrons. The van der Waals surface area contributed by atoms with E-state index < -0.39 is 5.97 Å². The van der Waals surface area contributed by atoms with Crippen molar-refractivity contribution in [3.63, 3.8) is 0 Å². The van der Waals surface area contributed by atoms with E-state index in [9.17, 15) is 9.90 Å².